The zero-order valence-electron chi connectivity index (χ0n) is 18.3. The van der Waals surface area contributed by atoms with Gasteiger partial charge in [-0.2, -0.15) is 0 Å². The molecule has 3 amide bonds. The van der Waals surface area contributed by atoms with Crippen LogP contribution in [0.4, 0.5) is 11.4 Å². The minimum atomic E-state index is -0.338. The normalized spacial score (nSPS) is 13.6. The molecule has 0 saturated carbocycles. The van der Waals surface area contributed by atoms with E-state index >= 15 is 0 Å². The van der Waals surface area contributed by atoms with Gasteiger partial charge in [0, 0.05) is 41.1 Å². The lowest BCUT2D eigenvalue weighted by molar-refractivity contribution is -0.114. The second-order valence-electron chi connectivity index (χ2n) is 8.76. The van der Waals surface area contributed by atoms with E-state index in [1.165, 1.54) is 0 Å². The summed E-state index contributed by atoms with van der Waals surface area (Å²) in [5.41, 5.74) is 2.11. The highest BCUT2D eigenvalue weighted by Crippen LogP contribution is 2.16. The third-order valence-corrected chi connectivity index (χ3v) is 4.88. The molecule has 2 aromatic rings. The van der Waals surface area contributed by atoms with Crippen molar-refractivity contribution in [3.63, 3.8) is 0 Å². The molecule has 1 aliphatic rings. The van der Waals surface area contributed by atoms with E-state index in [4.69, 9.17) is 0 Å². The van der Waals surface area contributed by atoms with Gasteiger partial charge in [0.25, 0.3) is 11.8 Å². The SMILES string of the molecule is CC(C)(C)NC(=O)c1cccc(NC(=O)CNc2ccc(C(=O)N3CCCC3)cc2)c1. The number of rotatable bonds is 6. The van der Waals surface area contributed by atoms with E-state index < -0.39 is 0 Å². The minimum Gasteiger partial charge on any atom is -0.376 e. The van der Waals surface area contributed by atoms with Gasteiger partial charge in [0.2, 0.25) is 5.91 Å². The fourth-order valence-electron chi connectivity index (χ4n) is 3.37. The molecule has 3 N–H and O–H groups in total. The molecule has 164 valence electrons. The molecule has 0 aliphatic carbocycles. The zero-order chi connectivity index (χ0) is 22.4. The maximum absolute atomic E-state index is 12.4. The summed E-state index contributed by atoms with van der Waals surface area (Å²) < 4.78 is 0. The van der Waals surface area contributed by atoms with Crippen molar-refractivity contribution in [2.45, 2.75) is 39.2 Å². The maximum atomic E-state index is 12.4. The third kappa shape index (κ3) is 6.57. The summed E-state index contributed by atoms with van der Waals surface area (Å²) in [6.07, 6.45) is 2.12. The Balaban J connectivity index is 1.51. The van der Waals surface area contributed by atoms with Crippen molar-refractivity contribution in [2.24, 2.45) is 0 Å². The second-order valence-corrected chi connectivity index (χ2v) is 8.76. The molecule has 0 radical (unpaired) electrons. The Kier molecular flexibility index (Phi) is 6.95. The van der Waals surface area contributed by atoms with E-state index in [9.17, 15) is 14.4 Å². The van der Waals surface area contributed by atoms with Crippen LogP contribution in [0.3, 0.4) is 0 Å². The van der Waals surface area contributed by atoms with Crippen molar-refractivity contribution in [2.75, 3.05) is 30.3 Å². The van der Waals surface area contributed by atoms with Crippen LogP contribution in [0.2, 0.25) is 0 Å². The highest BCUT2D eigenvalue weighted by atomic mass is 16.2. The molecule has 3 rings (SSSR count). The molecule has 0 aromatic heterocycles. The summed E-state index contributed by atoms with van der Waals surface area (Å²) >= 11 is 0. The van der Waals surface area contributed by atoms with E-state index in [1.807, 2.05) is 25.7 Å². The first-order valence-corrected chi connectivity index (χ1v) is 10.6. The molecule has 7 heteroatoms. The van der Waals surface area contributed by atoms with Gasteiger partial charge in [0.05, 0.1) is 6.54 Å². The zero-order valence-corrected chi connectivity index (χ0v) is 18.3. The van der Waals surface area contributed by atoms with E-state index in [-0.39, 0.29) is 29.8 Å². The van der Waals surface area contributed by atoms with Crippen molar-refractivity contribution >= 4 is 29.1 Å². The number of benzene rings is 2. The number of hydrogen-bond acceptors (Lipinski definition) is 4. The van der Waals surface area contributed by atoms with E-state index in [0.717, 1.165) is 31.6 Å². The monoisotopic (exact) mass is 422 g/mol. The first-order chi connectivity index (χ1) is 14.7. The molecule has 1 aliphatic heterocycles. The van der Waals surface area contributed by atoms with Crippen LogP contribution in [0.5, 0.6) is 0 Å². The highest BCUT2D eigenvalue weighted by Gasteiger charge is 2.19. The van der Waals surface area contributed by atoms with Gasteiger partial charge in [-0.25, -0.2) is 0 Å². The Hall–Kier alpha value is -3.35. The van der Waals surface area contributed by atoms with Crippen molar-refractivity contribution < 1.29 is 14.4 Å². The fourth-order valence-corrected chi connectivity index (χ4v) is 3.37. The average Bonchev–Trinajstić information content (AvgIpc) is 3.26. The molecule has 2 aromatic carbocycles. The van der Waals surface area contributed by atoms with Crippen molar-refractivity contribution in [1.29, 1.82) is 0 Å². The van der Waals surface area contributed by atoms with Crippen LogP contribution in [0.15, 0.2) is 48.5 Å². The smallest absolute Gasteiger partial charge is 0.253 e. The summed E-state index contributed by atoms with van der Waals surface area (Å²) in [6.45, 7) is 7.44. The maximum Gasteiger partial charge on any atom is 0.253 e. The molecular formula is C24H30N4O3. The van der Waals surface area contributed by atoms with Crippen molar-refractivity contribution in [3.8, 4) is 0 Å². The second kappa shape index (κ2) is 9.64. The topological polar surface area (TPSA) is 90.5 Å². The van der Waals surface area contributed by atoms with Gasteiger partial charge in [-0.15, -0.1) is 0 Å². The minimum absolute atomic E-state index is 0.0529. The van der Waals surface area contributed by atoms with Gasteiger partial charge in [-0.3, -0.25) is 14.4 Å². The van der Waals surface area contributed by atoms with E-state index in [2.05, 4.69) is 16.0 Å². The van der Waals surface area contributed by atoms with Gasteiger partial charge in [-0.1, -0.05) is 6.07 Å². The number of nitrogens with one attached hydrogen (secondary N) is 3. The van der Waals surface area contributed by atoms with Crippen LogP contribution < -0.4 is 16.0 Å². The summed E-state index contributed by atoms with van der Waals surface area (Å²) in [7, 11) is 0. The van der Waals surface area contributed by atoms with Crippen molar-refractivity contribution in [3.05, 3.63) is 59.7 Å². The van der Waals surface area contributed by atoms with Crippen LogP contribution in [0, 0.1) is 0 Å². The molecule has 0 atom stereocenters. The Bertz CT molecular complexity index is 942. The van der Waals surface area contributed by atoms with Crippen LogP contribution in [0.1, 0.15) is 54.3 Å². The first kappa shape index (κ1) is 22.3. The van der Waals surface area contributed by atoms with Gasteiger partial charge in [-0.05, 0) is 76.1 Å². The highest BCUT2D eigenvalue weighted by molar-refractivity contribution is 5.98. The fraction of sp³-hybridized carbons (Fsp3) is 0.375. The van der Waals surface area contributed by atoms with Crippen LogP contribution in [-0.2, 0) is 4.79 Å². The Morgan fingerprint density at radius 2 is 1.58 bits per heavy atom. The van der Waals surface area contributed by atoms with Gasteiger partial charge in [0.15, 0.2) is 0 Å². The van der Waals surface area contributed by atoms with Gasteiger partial charge in [0.1, 0.15) is 0 Å². The van der Waals surface area contributed by atoms with Crippen LogP contribution in [-0.4, -0.2) is 47.8 Å². The molecule has 0 unspecified atom stereocenters. The summed E-state index contributed by atoms with van der Waals surface area (Å²) in [4.78, 5) is 38.9. The van der Waals surface area contributed by atoms with Gasteiger partial charge < -0.3 is 20.9 Å². The van der Waals surface area contributed by atoms with Crippen LogP contribution >= 0.6 is 0 Å². The number of carbonyl (C=O) groups excluding carboxylic acids is 3. The number of likely N-dealkylation sites (tertiary alicyclic amines) is 1. The number of amides is 3. The molecule has 1 heterocycles. The summed E-state index contributed by atoms with van der Waals surface area (Å²) in [5.74, 6) is -0.368. The van der Waals surface area contributed by atoms with Crippen LogP contribution in [0.25, 0.3) is 0 Å². The molecule has 0 bridgehead atoms. The lowest BCUT2D eigenvalue weighted by atomic mass is 10.1. The number of anilines is 2. The van der Waals surface area contributed by atoms with E-state index in [0.29, 0.717) is 16.8 Å². The Morgan fingerprint density at radius 1 is 0.903 bits per heavy atom. The van der Waals surface area contributed by atoms with Gasteiger partial charge >= 0.3 is 0 Å². The average molecular weight is 423 g/mol. The molecule has 31 heavy (non-hydrogen) atoms. The number of nitrogens with zero attached hydrogens (tertiary/aromatic N) is 1. The predicted molar refractivity (Wildman–Crippen MR) is 122 cm³/mol. The third-order valence-electron chi connectivity index (χ3n) is 4.88. The number of carbonyl (C=O) groups is 3. The molecule has 1 saturated heterocycles. The lowest BCUT2D eigenvalue weighted by Gasteiger charge is -2.20. The first-order valence-electron chi connectivity index (χ1n) is 10.6. The largest absolute Gasteiger partial charge is 0.376 e. The van der Waals surface area contributed by atoms with E-state index in [1.54, 1.807) is 48.5 Å². The van der Waals surface area contributed by atoms with Crippen molar-refractivity contribution in [1.82, 2.24) is 10.2 Å². The standard InChI is InChI=1S/C24H30N4O3/c1-24(2,3)27-22(30)18-7-6-8-20(15-18)26-21(29)16-25-19-11-9-17(10-12-19)23(31)28-13-4-5-14-28/h6-12,15,25H,4-5,13-14,16H2,1-3H3,(H,26,29)(H,27,30). The Morgan fingerprint density at radius 3 is 2.23 bits per heavy atom. The molecule has 1 fully saturated rings. The quantitative estimate of drug-likeness (QED) is 0.665. The molecular weight excluding hydrogens is 392 g/mol. The summed E-state index contributed by atoms with van der Waals surface area (Å²) in [5, 5.41) is 8.75. The Labute approximate surface area is 183 Å². The predicted octanol–water partition coefficient (Wildman–Crippen LogP) is 3.50. The lowest BCUT2D eigenvalue weighted by Crippen LogP contribution is -2.40. The molecule has 7 nitrogen and oxygen atoms in total. The number of hydrogen-bond donors (Lipinski definition) is 3. The summed E-state index contributed by atoms with van der Waals surface area (Å²) in [6, 6.07) is 14.0. The molecule has 0 spiro atoms.